The van der Waals surface area contributed by atoms with E-state index in [1.54, 1.807) is 18.2 Å². The van der Waals surface area contributed by atoms with E-state index in [1.165, 1.54) is 12.8 Å². The van der Waals surface area contributed by atoms with Gasteiger partial charge in [-0.3, -0.25) is 0 Å². The third-order valence-corrected chi connectivity index (χ3v) is 2.86. The van der Waals surface area contributed by atoms with Gasteiger partial charge >= 0.3 is 0 Å². The molecule has 1 aromatic carbocycles. The molecule has 0 amide bonds. The van der Waals surface area contributed by atoms with Gasteiger partial charge in [-0.15, -0.1) is 0 Å². The molecule has 14 heavy (non-hydrogen) atoms. The maximum Gasteiger partial charge on any atom is 0.140 e. The van der Waals surface area contributed by atoms with Crippen LogP contribution in [0.3, 0.4) is 0 Å². The van der Waals surface area contributed by atoms with Crippen molar-refractivity contribution in [2.75, 3.05) is 5.73 Å². The first kappa shape index (κ1) is 9.66. The molecule has 3 heteroatoms. The minimum atomic E-state index is 0.328. The first-order chi connectivity index (χ1) is 6.75. The maximum atomic E-state index is 5.99. The molecule has 0 aromatic heterocycles. The number of ether oxygens (including phenoxy) is 1. The van der Waals surface area contributed by atoms with Crippen LogP contribution in [-0.2, 0) is 0 Å². The van der Waals surface area contributed by atoms with Crippen molar-refractivity contribution in [1.29, 1.82) is 0 Å². The van der Waals surface area contributed by atoms with Gasteiger partial charge in [-0.2, -0.15) is 0 Å². The third-order valence-electron chi connectivity index (χ3n) is 2.55. The van der Waals surface area contributed by atoms with Crippen LogP contribution in [0, 0.1) is 0 Å². The Bertz CT molecular complexity index is 321. The first-order valence-corrected chi connectivity index (χ1v) is 5.35. The fourth-order valence-electron chi connectivity index (χ4n) is 1.80. The molecule has 1 aliphatic rings. The molecular formula is C11H14ClNO. The molecule has 0 atom stereocenters. The predicted octanol–water partition coefficient (Wildman–Crippen LogP) is 3.24. The summed E-state index contributed by atoms with van der Waals surface area (Å²) in [5.41, 5.74) is 6.36. The first-order valence-electron chi connectivity index (χ1n) is 4.97. The van der Waals surface area contributed by atoms with Gasteiger partial charge in [0.15, 0.2) is 0 Å². The minimum Gasteiger partial charge on any atom is -0.489 e. The fraction of sp³-hybridized carbons (Fsp3) is 0.455. The van der Waals surface area contributed by atoms with Gasteiger partial charge in [0.2, 0.25) is 0 Å². The zero-order valence-electron chi connectivity index (χ0n) is 8.00. The number of nitrogens with two attached hydrogens (primary N) is 1. The predicted molar refractivity (Wildman–Crippen MR) is 58.7 cm³/mol. The standard InChI is InChI=1S/C11H14ClNO/c12-10-6-5-8(13)7-11(10)14-9-3-1-2-4-9/h5-7,9H,1-4,13H2. The van der Waals surface area contributed by atoms with Crippen LogP contribution in [0.2, 0.25) is 5.02 Å². The Balaban J connectivity index is 2.10. The lowest BCUT2D eigenvalue weighted by Crippen LogP contribution is -2.11. The Hall–Kier alpha value is -0.890. The highest BCUT2D eigenvalue weighted by molar-refractivity contribution is 6.32. The van der Waals surface area contributed by atoms with Crippen molar-refractivity contribution in [3.8, 4) is 5.75 Å². The molecule has 2 N–H and O–H groups in total. The Kier molecular flexibility index (Phi) is 2.82. The second kappa shape index (κ2) is 4.09. The molecular weight excluding hydrogens is 198 g/mol. The van der Waals surface area contributed by atoms with E-state index in [0.29, 0.717) is 16.8 Å². The highest BCUT2D eigenvalue weighted by Gasteiger charge is 2.17. The molecule has 0 radical (unpaired) electrons. The summed E-state index contributed by atoms with van der Waals surface area (Å²) in [4.78, 5) is 0. The molecule has 1 aromatic rings. The number of hydrogen-bond donors (Lipinski definition) is 1. The number of nitrogen functional groups attached to an aromatic ring is 1. The molecule has 0 unspecified atom stereocenters. The van der Waals surface area contributed by atoms with E-state index in [1.807, 2.05) is 0 Å². The second-order valence-corrected chi connectivity index (χ2v) is 4.12. The smallest absolute Gasteiger partial charge is 0.140 e. The number of rotatable bonds is 2. The molecule has 0 spiro atoms. The summed E-state index contributed by atoms with van der Waals surface area (Å²) >= 11 is 5.99. The van der Waals surface area contributed by atoms with Gasteiger partial charge in [-0.05, 0) is 37.8 Å². The van der Waals surface area contributed by atoms with Crippen LogP contribution in [0.1, 0.15) is 25.7 Å². The maximum absolute atomic E-state index is 5.99. The Morgan fingerprint density at radius 1 is 1.29 bits per heavy atom. The van der Waals surface area contributed by atoms with E-state index in [-0.39, 0.29) is 0 Å². The summed E-state index contributed by atoms with van der Waals surface area (Å²) < 4.78 is 5.77. The summed E-state index contributed by atoms with van der Waals surface area (Å²) in [5, 5.41) is 0.645. The Morgan fingerprint density at radius 3 is 2.71 bits per heavy atom. The van der Waals surface area contributed by atoms with E-state index < -0.39 is 0 Å². The lowest BCUT2D eigenvalue weighted by molar-refractivity contribution is 0.210. The van der Waals surface area contributed by atoms with Gasteiger partial charge in [-0.25, -0.2) is 0 Å². The van der Waals surface area contributed by atoms with Crippen molar-refractivity contribution in [3.05, 3.63) is 23.2 Å². The van der Waals surface area contributed by atoms with E-state index in [9.17, 15) is 0 Å². The van der Waals surface area contributed by atoms with Crippen molar-refractivity contribution < 1.29 is 4.74 Å². The average Bonchev–Trinajstić information content (AvgIpc) is 2.64. The van der Waals surface area contributed by atoms with Gasteiger partial charge in [0, 0.05) is 11.8 Å². The van der Waals surface area contributed by atoms with Crippen LogP contribution in [0.4, 0.5) is 5.69 Å². The van der Waals surface area contributed by atoms with Crippen LogP contribution >= 0.6 is 11.6 Å². The van der Waals surface area contributed by atoms with Gasteiger partial charge in [0.25, 0.3) is 0 Å². The zero-order chi connectivity index (χ0) is 9.97. The molecule has 0 aliphatic heterocycles. The van der Waals surface area contributed by atoms with Crippen LogP contribution < -0.4 is 10.5 Å². The van der Waals surface area contributed by atoms with Gasteiger partial charge in [0.05, 0.1) is 11.1 Å². The molecule has 2 rings (SSSR count). The van der Waals surface area contributed by atoms with E-state index in [4.69, 9.17) is 22.1 Å². The lowest BCUT2D eigenvalue weighted by Gasteiger charge is -2.14. The number of benzene rings is 1. The van der Waals surface area contributed by atoms with Crippen molar-refractivity contribution in [3.63, 3.8) is 0 Å². The van der Waals surface area contributed by atoms with Crippen LogP contribution in [0.25, 0.3) is 0 Å². The quantitative estimate of drug-likeness (QED) is 0.763. The van der Waals surface area contributed by atoms with Crippen LogP contribution in [-0.4, -0.2) is 6.10 Å². The zero-order valence-corrected chi connectivity index (χ0v) is 8.76. The molecule has 2 nitrogen and oxygen atoms in total. The topological polar surface area (TPSA) is 35.2 Å². The second-order valence-electron chi connectivity index (χ2n) is 3.71. The highest BCUT2D eigenvalue weighted by atomic mass is 35.5. The number of halogens is 1. The third kappa shape index (κ3) is 2.13. The van der Waals surface area contributed by atoms with Gasteiger partial charge in [0.1, 0.15) is 5.75 Å². The highest BCUT2D eigenvalue weighted by Crippen LogP contribution is 2.31. The van der Waals surface area contributed by atoms with Crippen molar-refractivity contribution in [2.45, 2.75) is 31.8 Å². The van der Waals surface area contributed by atoms with Crippen molar-refractivity contribution >= 4 is 17.3 Å². The van der Waals surface area contributed by atoms with Crippen molar-refractivity contribution in [2.24, 2.45) is 0 Å². The SMILES string of the molecule is Nc1ccc(Cl)c(OC2CCCC2)c1. The molecule has 76 valence electrons. The average molecular weight is 212 g/mol. The van der Waals surface area contributed by atoms with Crippen LogP contribution in [0.5, 0.6) is 5.75 Å². The van der Waals surface area contributed by atoms with E-state index in [0.717, 1.165) is 18.6 Å². The number of hydrogen-bond acceptors (Lipinski definition) is 2. The molecule has 0 saturated heterocycles. The summed E-state index contributed by atoms with van der Waals surface area (Å²) in [6, 6.07) is 5.35. The largest absolute Gasteiger partial charge is 0.489 e. The lowest BCUT2D eigenvalue weighted by atomic mass is 10.3. The van der Waals surface area contributed by atoms with E-state index >= 15 is 0 Å². The Labute approximate surface area is 89.0 Å². The molecule has 1 aliphatic carbocycles. The molecule has 0 bridgehead atoms. The van der Waals surface area contributed by atoms with Gasteiger partial charge < -0.3 is 10.5 Å². The van der Waals surface area contributed by atoms with Gasteiger partial charge in [-0.1, -0.05) is 11.6 Å². The number of anilines is 1. The van der Waals surface area contributed by atoms with Crippen molar-refractivity contribution in [1.82, 2.24) is 0 Å². The summed E-state index contributed by atoms with van der Waals surface area (Å²) in [5.74, 6) is 0.721. The Morgan fingerprint density at radius 2 is 2.00 bits per heavy atom. The summed E-state index contributed by atoms with van der Waals surface area (Å²) in [6.45, 7) is 0. The monoisotopic (exact) mass is 211 g/mol. The summed E-state index contributed by atoms with van der Waals surface area (Å²) in [7, 11) is 0. The molecule has 1 fully saturated rings. The van der Waals surface area contributed by atoms with E-state index in [2.05, 4.69) is 0 Å². The van der Waals surface area contributed by atoms with Crippen LogP contribution in [0.15, 0.2) is 18.2 Å². The molecule has 0 heterocycles. The summed E-state index contributed by atoms with van der Waals surface area (Å²) in [6.07, 6.45) is 5.10. The fourth-order valence-corrected chi connectivity index (χ4v) is 1.96. The minimum absolute atomic E-state index is 0.328. The normalized spacial score (nSPS) is 17.2. The molecule has 1 saturated carbocycles.